The Labute approximate surface area is 198 Å². The van der Waals surface area contributed by atoms with Crippen molar-refractivity contribution in [1.29, 1.82) is 0 Å². The second kappa shape index (κ2) is 12.5. The highest BCUT2D eigenvalue weighted by molar-refractivity contribution is 14.0. The Morgan fingerprint density at radius 3 is 2.50 bits per heavy atom. The molecule has 2 N–H and O–H groups in total. The molecule has 0 unspecified atom stereocenters. The second-order valence-electron chi connectivity index (χ2n) is 8.54. The molecule has 1 aromatic rings. The van der Waals surface area contributed by atoms with Crippen molar-refractivity contribution in [2.45, 2.75) is 57.0 Å². The summed E-state index contributed by atoms with van der Waals surface area (Å²) in [7, 11) is 5.40. The summed E-state index contributed by atoms with van der Waals surface area (Å²) in [5.74, 6) is 0.922. The fourth-order valence-corrected chi connectivity index (χ4v) is 4.51. The number of hydrogen-bond donors (Lipinski definition) is 2. The summed E-state index contributed by atoms with van der Waals surface area (Å²) in [4.78, 5) is 20.8. The van der Waals surface area contributed by atoms with Crippen LogP contribution in [0.1, 0.15) is 54.4 Å². The molecule has 1 aromatic carbocycles. The Bertz CT molecular complexity index is 695. The Kier molecular flexibility index (Phi) is 10.4. The van der Waals surface area contributed by atoms with Gasteiger partial charge in [0, 0.05) is 58.4 Å². The van der Waals surface area contributed by atoms with Crippen molar-refractivity contribution in [1.82, 2.24) is 20.4 Å². The van der Waals surface area contributed by atoms with Crippen LogP contribution in [0, 0.1) is 0 Å². The van der Waals surface area contributed by atoms with Crippen LogP contribution < -0.4 is 10.6 Å². The minimum atomic E-state index is 0. The van der Waals surface area contributed by atoms with Gasteiger partial charge in [0.2, 0.25) is 0 Å². The molecule has 1 heterocycles. The molecule has 1 amide bonds. The van der Waals surface area contributed by atoms with E-state index in [1.165, 1.54) is 51.6 Å². The monoisotopic (exact) mass is 527 g/mol. The van der Waals surface area contributed by atoms with Crippen LogP contribution in [0.5, 0.6) is 0 Å². The van der Waals surface area contributed by atoms with Crippen molar-refractivity contribution >= 4 is 35.8 Å². The Hall–Kier alpha value is -1.35. The molecule has 0 aromatic heterocycles. The summed E-state index contributed by atoms with van der Waals surface area (Å²) in [6.07, 6.45) is 8.83. The molecule has 0 spiro atoms. The van der Waals surface area contributed by atoms with Gasteiger partial charge < -0.3 is 20.4 Å². The lowest BCUT2D eigenvalue weighted by Gasteiger charge is -2.36. The van der Waals surface area contributed by atoms with Crippen molar-refractivity contribution in [3.8, 4) is 0 Å². The molecular weight excluding hydrogens is 489 g/mol. The van der Waals surface area contributed by atoms with Crippen LogP contribution in [-0.4, -0.2) is 74.5 Å². The molecule has 1 aliphatic carbocycles. The Morgan fingerprint density at radius 2 is 1.87 bits per heavy atom. The largest absolute Gasteiger partial charge is 0.356 e. The quantitative estimate of drug-likeness (QED) is 0.339. The SMILES string of the molecule is CN=C(NCCc1cccc(C(=O)N(C)C)c1)NC1CCN(C2CCCC2)CC1.I. The molecule has 30 heavy (non-hydrogen) atoms. The highest BCUT2D eigenvalue weighted by Gasteiger charge is 2.27. The topological polar surface area (TPSA) is 60.0 Å². The first kappa shape index (κ1) is 24.9. The average molecular weight is 527 g/mol. The van der Waals surface area contributed by atoms with Crippen LogP contribution in [0.2, 0.25) is 0 Å². The van der Waals surface area contributed by atoms with E-state index >= 15 is 0 Å². The lowest BCUT2D eigenvalue weighted by Crippen LogP contribution is -2.50. The number of nitrogens with zero attached hydrogens (tertiary/aromatic N) is 3. The molecule has 7 heteroatoms. The van der Waals surface area contributed by atoms with Crippen molar-refractivity contribution < 1.29 is 4.79 Å². The molecule has 6 nitrogen and oxygen atoms in total. The summed E-state index contributed by atoms with van der Waals surface area (Å²) in [6.45, 7) is 3.19. The summed E-state index contributed by atoms with van der Waals surface area (Å²) in [6, 6.07) is 9.22. The molecule has 1 aliphatic heterocycles. The first-order chi connectivity index (χ1) is 14.1. The highest BCUT2D eigenvalue weighted by atomic mass is 127. The van der Waals surface area contributed by atoms with E-state index in [0.29, 0.717) is 6.04 Å². The van der Waals surface area contributed by atoms with Gasteiger partial charge in [-0.15, -0.1) is 24.0 Å². The lowest BCUT2D eigenvalue weighted by atomic mass is 10.0. The average Bonchev–Trinajstić information content (AvgIpc) is 3.28. The van der Waals surface area contributed by atoms with Crippen LogP contribution in [0.3, 0.4) is 0 Å². The van der Waals surface area contributed by atoms with Crippen LogP contribution >= 0.6 is 24.0 Å². The number of likely N-dealkylation sites (tertiary alicyclic amines) is 1. The summed E-state index contributed by atoms with van der Waals surface area (Å²) >= 11 is 0. The fraction of sp³-hybridized carbons (Fsp3) is 0.652. The molecule has 3 rings (SSSR count). The standard InChI is InChI=1S/C23H37N5O.HI/c1-24-23(26-20-12-15-28(16-13-20)21-9-4-5-10-21)25-14-11-18-7-6-8-19(17-18)22(29)27(2)3;/h6-8,17,20-21H,4-5,9-16H2,1-3H3,(H2,24,25,26);1H. The van der Waals surface area contributed by atoms with Gasteiger partial charge in [-0.05, 0) is 49.8 Å². The minimum absolute atomic E-state index is 0. The third-order valence-electron chi connectivity index (χ3n) is 6.22. The smallest absolute Gasteiger partial charge is 0.253 e. The zero-order valence-electron chi connectivity index (χ0n) is 18.7. The van der Waals surface area contributed by atoms with E-state index in [1.807, 2.05) is 25.2 Å². The van der Waals surface area contributed by atoms with Crippen LogP contribution in [-0.2, 0) is 6.42 Å². The molecule has 1 saturated carbocycles. The molecule has 2 aliphatic rings. The van der Waals surface area contributed by atoms with Gasteiger partial charge in [-0.25, -0.2) is 0 Å². The summed E-state index contributed by atoms with van der Waals surface area (Å²) in [5, 5.41) is 7.03. The number of guanidine groups is 1. The number of rotatable bonds is 6. The number of nitrogens with one attached hydrogen (secondary N) is 2. The lowest BCUT2D eigenvalue weighted by molar-refractivity contribution is 0.0827. The first-order valence-electron chi connectivity index (χ1n) is 11.1. The van der Waals surface area contributed by atoms with E-state index in [9.17, 15) is 4.79 Å². The van der Waals surface area contributed by atoms with Gasteiger partial charge in [-0.2, -0.15) is 0 Å². The Balaban J connectivity index is 0.00000320. The van der Waals surface area contributed by atoms with Crippen LogP contribution in [0.4, 0.5) is 0 Å². The van der Waals surface area contributed by atoms with E-state index in [4.69, 9.17) is 0 Å². The molecule has 0 atom stereocenters. The molecular formula is C23H38IN5O. The second-order valence-corrected chi connectivity index (χ2v) is 8.54. The number of aliphatic imine (C=N–C) groups is 1. The number of hydrogen-bond acceptors (Lipinski definition) is 3. The van der Waals surface area contributed by atoms with Crippen molar-refractivity contribution in [3.05, 3.63) is 35.4 Å². The van der Waals surface area contributed by atoms with E-state index in [0.717, 1.165) is 36.1 Å². The molecule has 0 bridgehead atoms. The highest BCUT2D eigenvalue weighted by Crippen LogP contribution is 2.26. The van der Waals surface area contributed by atoms with Crippen LogP contribution in [0.25, 0.3) is 0 Å². The van der Waals surface area contributed by atoms with Gasteiger partial charge >= 0.3 is 0 Å². The van der Waals surface area contributed by atoms with E-state index in [-0.39, 0.29) is 29.9 Å². The maximum absolute atomic E-state index is 12.1. The number of carbonyl (C=O) groups is 1. The molecule has 2 fully saturated rings. The van der Waals surface area contributed by atoms with Gasteiger partial charge in [0.05, 0.1) is 0 Å². The first-order valence-corrected chi connectivity index (χ1v) is 11.1. The van der Waals surface area contributed by atoms with Crippen molar-refractivity contribution in [2.75, 3.05) is 40.8 Å². The van der Waals surface area contributed by atoms with Gasteiger partial charge in [0.1, 0.15) is 0 Å². The van der Waals surface area contributed by atoms with Gasteiger partial charge in [-0.3, -0.25) is 9.79 Å². The third kappa shape index (κ3) is 7.11. The van der Waals surface area contributed by atoms with Gasteiger partial charge in [0.25, 0.3) is 5.91 Å². The van der Waals surface area contributed by atoms with E-state index < -0.39 is 0 Å². The number of amides is 1. The summed E-state index contributed by atoms with van der Waals surface area (Å²) < 4.78 is 0. The zero-order valence-corrected chi connectivity index (χ0v) is 21.0. The van der Waals surface area contributed by atoms with Gasteiger partial charge in [0.15, 0.2) is 5.96 Å². The van der Waals surface area contributed by atoms with Crippen molar-refractivity contribution in [3.63, 3.8) is 0 Å². The number of halogens is 1. The maximum Gasteiger partial charge on any atom is 0.253 e. The number of benzene rings is 1. The third-order valence-corrected chi connectivity index (χ3v) is 6.22. The zero-order chi connectivity index (χ0) is 20.6. The number of carbonyl (C=O) groups excluding carboxylic acids is 1. The molecule has 168 valence electrons. The van der Waals surface area contributed by atoms with Gasteiger partial charge in [-0.1, -0.05) is 25.0 Å². The van der Waals surface area contributed by atoms with E-state index in [2.05, 4.69) is 26.6 Å². The maximum atomic E-state index is 12.1. The summed E-state index contributed by atoms with van der Waals surface area (Å²) in [5.41, 5.74) is 1.90. The Morgan fingerprint density at radius 1 is 1.17 bits per heavy atom. The predicted molar refractivity (Wildman–Crippen MR) is 135 cm³/mol. The predicted octanol–water partition coefficient (Wildman–Crippen LogP) is 3.12. The molecule has 0 radical (unpaired) electrons. The van der Waals surface area contributed by atoms with Crippen LogP contribution in [0.15, 0.2) is 29.3 Å². The minimum Gasteiger partial charge on any atom is -0.356 e. The van der Waals surface area contributed by atoms with E-state index in [1.54, 1.807) is 19.0 Å². The van der Waals surface area contributed by atoms with Crippen molar-refractivity contribution in [2.24, 2.45) is 4.99 Å². The number of piperidine rings is 1. The molecule has 1 saturated heterocycles. The normalized spacial score (nSPS) is 18.7. The fourth-order valence-electron chi connectivity index (χ4n) is 4.51.